The van der Waals surface area contributed by atoms with E-state index in [1.54, 1.807) is 32.1 Å². The fourth-order valence-electron chi connectivity index (χ4n) is 3.59. The Morgan fingerprint density at radius 2 is 1.80 bits per heavy atom. The maximum atomic E-state index is 11.1. The zero-order valence-corrected chi connectivity index (χ0v) is 19.7. The lowest BCUT2D eigenvalue weighted by molar-refractivity contribution is 0.146. The maximum Gasteiger partial charge on any atom is 0.114 e. The Balaban J connectivity index is 3.56. The van der Waals surface area contributed by atoms with Gasteiger partial charge in [0.05, 0.1) is 0 Å². The van der Waals surface area contributed by atoms with Crippen LogP contribution in [0.15, 0.2) is 78.7 Å². The maximum absolute atomic E-state index is 11.1. The van der Waals surface area contributed by atoms with E-state index in [-0.39, 0.29) is 5.76 Å². The Kier molecular flexibility index (Phi) is 9.32. The molecule has 0 heterocycles. The highest BCUT2D eigenvalue weighted by Crippen LogP contribution is 2.32. The first-order chi connectivity index (χ1) is 14.0. The smallest absolute Gasteiger partial charge is 0.114 e. The first kappa shape index (κ1) is 25.5. The van der Waals surface area contributed by atoms with Crippen molar-refractivity contribution in [3.8, 4) is 0 Å². The van der Waals surface area contributed by atoms with Gasteiger partial charge in [0, 0.05) is 5.57 Å². The molecule has 0 fully saturated rings. The Morgan fingerprint density at radius 3 is 2.30 bits per heavy atom. The summed E-state index contributed by atoms with van der Waals surface area (Å²) in [6.45, 7) is 21.6. The highest BCUT2D eigenvalue weighted by atomic mass is 16.3. The average Bonchev–Trinajstić information content (AvgIpc) is 2.66. The molecular weight excluding hydrogens is 368 g/mol. The molecular formula is C28H38O2. The van der Waals surface area contributed by atoms with Crippen molar-refractivity contribution in [3.63, 3.8) is 0 Å². The Bertz CT molecular complexity index is 905. The number of allylic oxidation sites excluding steroid dienone is 7. The molecule has 1 aromatic rings. The zero-order chi connectivity index (χ0) is 23.1. The molecule has 2 atom stereocenters. The lowest BCUT2D eigenvalue weighted by atomic mass is 9.84. The van der Waals surface area contributed by atoms with Gasteiger partial charge in [-0.15, -0.1) is 0 Å². The summed E-state index contributed by atoms with van der Waals surface area (Å²) < 4.78 is 0. The second-order valence-corrected chi connectivity index (χ2v) is 8.24. The van der Waals surface area contributed by atoms with Gasteiger partial charge in [0.25, 0.3) is 0 Å². The normalized spacial score (nSPS) is 16.5. The van der Waals surface area contributed by atoms with E-state index in [1.165, 1.54) is 22.3 Å². The third-order valence-corrected chi connectivity index (χ3v) is 5.69. The Hall–Kier alpha value is -2.58. The molecule has 0 saturated carbocycles. The van der Waals surface area contributed by atoms with Crippen molar-refractivity contribution in [1.82, 2.24) is 0 Å². The standard InChI is InChI=1S/C28H38O2/c1-10-13-14-19(4)20(5)15-25-16-21(6)22(7)17-26(25)24(11-2)18-28(9,30)27(12-3)23(8)29/h10-14,16-18,20,29-30H,2,8,15H2,1,3-7,9H3/b13-10-,19-14+,24-18+,27-12-. The molecule has 0 aromatic heterocycles. The number of benzene rings is 1. The molecule has 0 spiro atoms. The minimum absolute atomic E-state index is 0.138. The summed E-state index contributed by atoms with van der Waals surface area (Å²) in [5.41, 5.74) is 5.86. The van der Waals surface area contributed by atoms with E-state index in [2.05, 4.69) is 65.1 Å². The summed E-state index contributed by atoms with van der Waals surface area (Å²) in [7, 11) is 0. The molecule has 1 rings (SSSR count). The third kappa shape index (κ3) is 6.47. The van der Waals surface area contributed by atoms with Crippen LogP contribution in [0.25, 0.3) is 5.57 Å². The summed E-state index contributed by atoms with van der Waals surface area (Å²) in [5.74, 6) is 0.234. The molecule has 1 aromatic carbocycles. The van der Waals surface area contributed by atoms with Gasteiger partial charge >= 0.3 is 0 Å². The molecule has 0 amide bonds. The Morgan fingerprint density at radius 1 is 1.20 bits per heavy atom. The molecule has 162 valence electrons. The topological polar surface area (TPSA) is 40.5 Å². The van der Waals surface area contributed by atoms with Gasteiger partial charge in [0.2, 0.25) is 0 Å². The predicted octanol–water partition coefficient (Wildman–Crippen LogP) is 7.34. The van der Waals surface area contributed by atoms with Crippen molar-refractivity contribution < 1.29 is 10.2 Å². The van der Waals surface area contributed by atoms with E-state index >= 15 is 0 Å². The van der Waals surface area contributed by atoms with Crippen LogP contribution >= 0.6 is 0 Å². The highest BCUT2D eigenvalue weighted by Gasteiger charge is 2.26. The van der Waals surface area contributed by atoms with E-state index in [0.717, 1.165) is 17.6 Å². The lowest BCUT2D eigenvalue weighted by Crippen LogP contribution is -2.25. The van der Waals surface area contributed by atoms with Gasteiger partial charge in [0.1, 0.15) is 11.4 Å². The average molecular weight is 407 g/mol. The van der Waals surface area contributed by atoms with Crippen LogP contribution in [0.1, 0.15) is 56.9 Å². The molecule has 0 radical (unpaired) electrons. The predicted molar refractivity (Wildman–Crippen MR) is 132 cm³/mol. The molecule has 0 bridgehead atoms. The number of hydrogen-bond acceptors (Lipinski definition) is 2. The second-order valence-electron chi connectivity index (χ2n) is 8.24. The molecule has 2 N–H and O–H groups in total. The summed E-state index contributed by atoms with van der Waals surface area (Å²) in [6, 6.07) is 4.40. The summed E-state index contributed by atoms with van der Waals surface area (Å²) in [4.78, 5) is 0. The number of aliphatic hydroxyl groups is 2. The molecule has 0 aliphatic heterocycles. The van der Waals surface area contributed by atoms with Gasteiger partial charge in [-0.2, -0.15) is 0 Å². The van der Waals surface area contributed by atoms with Crippen LogP contribution in [-0.4, -0.2) is 15.8 Å². The molecule has 2 unspecified atom stereocenters. The van der Waals surface area contributed by atoms with Gasteiger partial charge in [-0.25, -0.2) is 0 Å². The fraction of sp³-hybridized carbons (Fsp3) is 0.357. The van der Waals surface area contributed by atoms with Gasteiger partial charge in [-0.1, -0.05) is 68.2 Å². The number of aryl methyl sites for hydroxylation is 2. The van der Waals surface area contributed by atoms with E-state index in [9.17, 15) is 10.2 Å². The van der Waals surface area contributed by atoms with Crippen molar-refractivity contribution in [2.75, 3.05) is 0 Å². The number of hydrogen-bond donors (Lipinski definition) is 2. The number of rotatable bonds is 9. The van der Waals surface area contributed by atoms with Gasteiger partial charge in [-0.05, 0) is 87.8 Å². The third-order valence-electron chi connectivity index (χ3n) is 5.69. The van der Waals surface area contributed by atoms with E-state index in [1.807, 2.05) is 13.0 Å². The van der Waals surface area contributed by atoms with Crippen molar-refractivity contribution in [2.24, 2.45) is 5.92 Å². The fourth-order valence-corrected chi connectivity index (χ4v) is 3.59. The lowest BCUT2D eigenvalue weighted by Gasteiger charge is -2.25. The first-order valence-corrected chi connectivity index (χ1v) is 10.5. The van der Waals surface area contributed by atoms with Crippen molar-refractivity contribution in [1.29, 1.82) is 0 Å². The van der Waals surface area contributed by atoms with Gasteiger partial charge < -0.3 is 10.2 Å². The molecule has 30 heavy (non-hydrogen) atoms. The minimum atomic E-state index is -1.37. The van der Waals surface area contributed by atoms with Crippen LogP contribution in [-0.2, 0) is 6.42 Å². The SMILES string of the molecule is C=C/C(=C\C(C)(O)/C(=C\C)C(=C)O)c1cc(C)c(C)cc1CC(C)/C(C)=C/C=C\C. The molecule has 0 aliphatic carbocycles. The molecule has 0 saturated heterocycles. The second kappa shape index (κ2) is 11.0. The van der Waals surface area contributed by atoms with E-state index in [0.29, 0.717) is 11.5 Å². The first-order valence-electron chi connectivity index (χ1n) is 10.5. The van der Waals surface area contributed by atoms with Crippen LogP contribution in [0.3, 0.4) is 0 Å². The highest BCUT2D eigenvalue weighted by molar-refractivity contribution is 5.78. The zero-order valence-electron chi connectivity index (χ0n) is 19.7. The summed E-state index contributed by atoms with van der Waals surface area (Å²) in [5, 5.41) is 21.0. The van der Waals surface area contributed by atoms with E-state index < -0.39 is 5.60 Å². The summed E-state index contributed by atoms with van der Waals surface area (Å²) >= 11 is 0. The summed E-state index contributed by atoms with van der Waals surface area (Å²) in [6.07, 6.45) is 12.3. The Labute approximate surface area is 183 Å². The van der Waals surface area contributed by atoms with Crippen LogP contribution in [0.4, 0.5) is 0 Å². The van der Waals surface area contributed by atoms with Crippen LogP contribution in [0.5, 0.6) is 0 Å². The van der Waals surface area contributed by atoms with Crippen molar-refractivity contribution in [2.45, 2.75) is 60.5 Å². The molecule has 2 nitrogen and oxygen atoms in total. The molecule has 0 aliphatic rings. The van der Waals surface area contributed by atoms with Crippen molar-refractivity contribution in [3.05, 3.63) is 101 Å². The molecule has 2 heteroatoms. The number of aliphatic hydroxyl groups excluding tert-OH is 1. The van der Waals surface area contributed by atoms with Crippen LogP contribution in [0.2, 0.25) is 0 Å². The quantitative estimate of drug-likeness (QED) is 0.332. The monoisotopic (exact) mass is 406 g/mol. The van der Waals surface area contributed by atoms with E-state index in [4.69, 9.17) is 0 Å². The van der Waals surface area contributed by atoms with Crippen LogP contribution < -0.4 is 0 Å². The largest absolute Gasteiger partial charge is 0.508 e. The van der Waals surface area contributed by atoms with Gasteiger partial charge in [0.15, 0.2) is 0 Å². The minimum Gasteiger partial charge on any atom is -0.508 e. The van der Waals surface area contributed by atoms with Crippen molar-refractivity contribution >= 4 is 5.57 Å². The van der Waals surface area contributed by atoms with Gasteiger partial charge in [-0.3, -0.25) is 0 Å². The van der Waals surface area contributed by atoms with Crippen LogP contribution in [0, 0.1) is 19.8 Å².